The normalized spacial score (nSPS) is 19.9. The molecule has 2 aromatic carbocycles. The molecular formula is C31H44O5. The van der Waals surface area contributed by atoms with Gasteiger partial charge in [-0.05, 0) is 48.6 Å². The van der Waals surface area contributed by atoms with Gasteiger partial charge in [-0.15, -0.1) is 0 Å². The van der Waals surface area contributed by atoms with Crippen molar-refractivity contribution in [2.45, 2.75) is 102 Å². The molecule has 0 saturated carbocycles. The molecule has 0 bridgehead atoms. The van der Waals surface area contributed by atoms with Crippen LogP contribution in [0, 0.1) is 5.92 Å². The van der Waals surface area contributed by atoms with Crippen molar-refractivity contribution in [1.29, 1.82) is 0 Å². The smallest absolute Gasteiger partial charge is 0.306 e. The molecule has 0 aliphatic carbocycles. The number of carbonyl (C=O) groups is 1. The Labute approximate surface area is 216 Å². The highest BCUT2D eigenvalue weighted by atomic mass is 16.5. The van der Waals surface area contributed by atoms with E-state index >= 15 is 0 Å². The van der Waals surface area contributed by atoms with Gasteiger partial charge in [-0.25, -0.2) is 0 Å². The molecule has 1 unspecified atom stereocenters. The van der Waals surface area contributed by atoms with Crippen molar-refractivity contribution in [2.24, 2.45) is 5.92 Å². The van der Waals surface area contributed by atoms with Crippen LogP contribution in [0.1, 0.15) is 108 Å². The highest BCUT2D eigenvalue weighted by Crippen LogP contribution is 2.49. The lowest BCUT2D eigenvalue weighted by atomic mass is 9.66. The minimum Gasteiger partial charge on any atom is -0.508 e. The Balaban J connectivity index is 1.48. The monoisotopic (exact) mass is 496 g/mol. The van der Waals surface area contributed by atoms with Crippen molar-refractivity contribution < 1.29 is 24.9 Å². The lowest BCUT2D eigenvalue weighted by Crippen LogP contribution is -2.40. The van der Waals surface area contributed by atoms with Gasteiger partial charge in [-0.1, -0.05) is 89.8 Å². The van der Waals surface area contributed by atoms with Gasteiger partial charge in [0, 0.05) is 17.4 Å². The molecule has 3 N–H and O–H groups in total. The fraction of sp³-hybridized carbons (Fsp3) is 0.581. The fourth-order valence-electron chi connectivity index (χ4n) is 5.67. The van der Waals surface area contributed by atoms with Gasteiger partial charge in [0.15, 0.2) is 0 Å². The largest absolute Gasteiger partial charge is 0.508 e. The van der Waals surface area contributed by atoms with Crippen LogP contribution in [0.15, 0.2) is 42.5 Å². The van der Waals surface area contributed by atoms with Crippen molar-refractivity contribution in [1.82, 2.24) is 0 Å². The van der Waals surface area contributed by atoms with Crippen LogP contribution in [-0.4, -0.2) is 27.9 Å². The molecule has 198 valence electrons. The Hall–Kier alpha value is -2.69. The molecule has 0 saturated heterocycles. The van der Waals surface area contributed by atoms with Gasteiger partial charge >= 0.3 is 5.97 Å². The summed E-state index contributed by atoms with van der Waals surface area (Å²) in [5.74, 6) is 0.725. The number of carboxylic acids is 1. The molecule has 1 aliphatic rings. The zero-order valence-corrected chi connectivity index (χ0v) is 22.0. The minimum absolute atomic E-state index is 0.169. The molecule has 0 spiro atoms. The van der Waals surface area contributed by atoms with Gasteiger partial charge in [0.2, 0.25) is 0 Å². The third-order valence-corrected chi connectivity index (χ3v) is 8.00. The third kappa shape index (κ3) is 7.41. The minimum atomic E-state index is -0.632. The summed E-state index contributed by atoms with van der Waals surface area (Å²) in [5.41, 5.74) is 2.09. The predicted octanol–water partition coefficient (Wildman–Crippen LogP) is 7.93. The quantitative estimate of drug-likeness (QED) is 0.218. The maximum absolute atomic E-state index is 11.4. The average Bonchev–Trinajstić information content (AvgIpc) is 2.86. The molecule has 1 heterocycles. The second-order valence-electron chi connectivity index (χ2n) is 10.8. The molecule has 36 heavy (non-hydrogen) atoms. The van der Waals surface area contributed by atoms with Gasteiger partial charge in [0.05, 0.1) is 12.5 Å². The van der Waals surface area contributed by atoms with Crippen LogP contribution in [0.25, 0.3) is 0 Å². The Morgan fingerprint density at radius 3 is 2.19 bits per heavy atom. The van der Waals surface area contributed by atoms with Crippen LogP contribution in [0.5, 0.6) is 17.2 Å². The van der Waals surface area contributed by atoms with E-state index in [0.717, 1.165) is 68.2 Å². The van der Waals surface area contributed by atoms with Gasteiger partial charge in [-0.2, -0.15) is 0 Å². The molecule has 0 radical (unpaired) electrons. The Morgan fingerprint density at radius 2 is 1.53 bits per heavy atom. The maximum Gasteiger partial charge on any atom is 0.306 e. The average molecular weight is 497 g/mol. The second-order valence-corrected chi connectivity index (χ2v) is 10.8. The van der Waals surface area contributed by atoms with Gasteiger partial charge in [0.25, 0.3) is 0 Å². The maximum atomic E-state index is 11.4. The first kappa shape index (κ1) is 27.9. The molecule has 0 fully saturated rings. The molecule has 2 aromatic rings. The van der Waals surface area contributed by atoms with Crippen molar-refractivity contribution in [3.05, 3.63) is 53.6 Å². The van der Waals surface area contributed by atoms with Gasteiger partial charge < -0.3 is 20.1 Å². The number of hydrogen-bond acceptors (Lipinski definition) is 4. The number of aromatic hydroxyl groups is 2. The third-order valence-electron chi connectivity index (χ3n) is 8.00. The Bertz CT molecular complexity index is 954. The first-order valence-electron chi connectivity index (χ1n) is 13.8. The van der Waals surface area contributed by atoms with E-state index in [0.29, 0.717) is 6.61 Å². The molecule has 0 aromatic heterocycles. The highest BCUT2D eigenvalue weighted by Gasteiger charge is 2.42. The van der Waals surface area contributed by atoms with Crippen LogP contribution < -0.4 is 4.74 Å². The zero-order chi connectivity index (χ0) is 26.0. The summed E-state index contributed by atoms with van der Waals surface area (Å²) in [6.45, 7) is 4.89. The first-order valence-corrected chi connectivity index (χ1v) is 13.8. The Kier molecular flexibility index (Phi) is 10.5. The molecule has 5 nitrogen and oxygen atoms in total. The predicted molar refractivity (Wildman–Crippen MR) is 144 cm³/mol. The van der Waals surface area contributed by atoms with Crippen molar-refractivity contribution in [3.8, 4) is 17.2 Å². The zero-order valence-electron chi connectivity index (χ0n) is 22.0. The van der Waals surface area contributed by atoms with Gasteiger partial charge in [-0.3, -0.25) is 4.79 Å². The number of phenols is 2. The highest BCUT2D eigenvalue weighted by molar-refractivity contribution is 5.69. The van der Waals surface area contributed by atoms with Crippen LogP contribution >= 0.6 is 0 Å². The molecule has 3 rings (SSSR count). The summed E-state index contributed by atoms with van der Waals surface area (Å²) in [6, 6.07) is 12.9. The van der Waals surface area contributed by atoms with Crippen molar-refractivity contribution in [3.63, 3.8) is 0 Å². The standard InChI is InChI=1S/C31H44O5/c1-3-4-12-23(30(34)35)13-10-8-6-5-7-9-11-14-28-27-20-19-26(33)21-29(27)36-22-31(28,2)24-15-17-25(32)18-16-24/h15-21,23,28,32-33H,3-14,22H2,1-2H3,(H,34,35)/t23?,28-,31-/m1/s1. The van der Waals surface area contributed by atoms with E-state index in [2.05, 4.69) is 13.8 Å². The number of unbranched alkanes of at least 4 members (excludes halogenated alkanes) is 7. The topological polar surface area (TPSA) is 87.0 Å². The number of carboxylic acid groups (broad SMARTS) is 1. The number of aliphatic carboxylic acids is 1. The van der Waals surface area contributed by atoms with E-state index in [1.54, 1.807) is 24.3 Å². The molecule has 0 amide bonds. The van der Waals surface area contributed by atoms with Crippen LogP contribution in [-0.2, 0) is 10.2 Å². The lowest BCUT2D eigenvalue weighted by molar-refractivity contribution is -0.142. The van der Waals surface area contributed by atoms with E-state index in [9.17, 15) is 20.1 Å². The number of hydrogen-bond donors (Lipinski definition) is 3. The SMILES string of the molecule is CCCCC(CCCCCCCCC[C@@H]1c2ccc(O)cc2OC[C@]1(C)c1ccc(O)cc1)C(=O)O. The van der Waals surface area contributed by atoms with E-state index in [1.807, 2.05) is 18.2 Å². The summed E-state index contributed by atoms with van der Waals surface area (Å²) in [7, 11) is 0. The fourth-order valence-corrected chi connectivity index (χ4v) is 5.67. The molecule has 3 atom stereocenters. The van der Waals surface area contributed by atoms with Gasteiger partial charge in [0.1, 0.15) is 17.2 Å². The van der Waals surface area contributed by atoms with Crippen molar-refractivity contribution >= 4 is 5.97 Å². The number of fused-ring (bicyclic) bond motifs is 1. The number of rotatable bonds is 15. The van der Waals surface area contributed by atoms with E-state index < -0.39 is 5.97 Å². The summed E-state index contributed by atoms with van der Waals surface area (Å²) in [4.78, 5) is 11.4. The van der Waals surface area contributed by atoms with Crippen molar-refractivity contribution in [2.75, 3.05) is 6.61 Å². The summed E-state index contributed by atoms with van der Waals surface area (Å²) in [6.07, 6.45) is 12.7. The number of ether oxygens (including phenoxy) is 1. The van der Waals surface area contributed by atoms with E-state index in [4.69, 9.17) is 4.74 Å². The number of phenolic OH excluding ortho intramolecular Hbond substituents is 2. The Morgan fingerprint density at radius 1 is 0.917 bits per heavy atom. The number of benzene rings is 2. The summed E-state index contributed by atoms with van der Waals surface area (Å²) >= 11 is 0. The van der Waals surface area contributed by atoms with Crippen LogP contribution in [0.4, 0.5) is 0 Å². The molecule has 1 aliphatic heterocycles. The van der Waals surface area contributed by atoms with Crippen LogP contribution in [0.3, 0.4) is 0 Å². The summed E-state index contributed by atoms with van der Waals surface area (Å²) < 4.78 is 6.11. The van der Waals surface area contributed by atoms with Crippen LogP contribution in [0.2, 0.25) is 0 Å². The first-order chi connectivity index (χ1) is 17.3. The second kappa shape index (κ2) is 13.6. The molecular weight excluding hydrogens is 452 g/mol. The molecule has 5 heteroatoms. The van der Waals surface area contributed by atoms with E-state index in [-0.39, 0.29) is 28.7 Å². The van der Waals surface area contributed by atoms with E-state index in [1.165, 1.54) is 25.7 Å². The summed E-state index contributed by atoms with van der Waals surface area (Å²) in [5, 5.41) is 29.1. The lowest BCUT2D eigenvalue weighted by Gasteiger charge is -2.43.